The second kappa shape index (κ2) is 11.8. The molecule has 0 spiro atoms. The van der Waals surface area contributed by atoms with Gasteiger partial charge in [-0.15, -0.1) is 10.2 Å². The molecule has 4 aromatic rings. The van der Waals surface area contributed by atoms with Crippen LogP contribution in [0.1, 0.15) is 6.92 Å². The minimum Gasteiger partial charge on any atom is -0.494 e. The number of hydrogen-bond acceptors (Lipinski definition) is 7. The van der Waals surface area contributed by atoms with E-state index in [9.17, 15) is 4.79 Å². The highest BCUT2D eigenvalue weighted by Crippen LogP contribution is 2.31. The van der Waals surface area contributed by atoms with Crippen LogP contribution in [0.4, 0.5) is 5.69 Å². The number of anilines is 1. The fourth-order valence-corrected chi connectivity index (χ4v) is 4.45. The van der Waals surface area contributed by atoms with Crippen molar-refractivity contribution in [3.8, 4) is 34.3 Å². The number of rotatable bonds is 10. The minimum atomic E-state index is -0.197. The minimum absolute atomic E-state index is 0.124. The van der Waals surface area contributed by atoms with Gasteiger partial charge in [-0.2, -0.15) is 0 Å². The number of thioether (sulfide) groups is 1. The Morgan fingerprint density at radius 1 is 1.00 bits per heavy atom. The van der Waals surface area contributed by atoms with E-state index >= 15 is 0 Å². The van der Waals surface area contributed by atoms with Gasteiger partial charge in [0.05, 0.1) is 26.6 Å². The number of nitrogens with zero attached hydrogens (tertiary/aromatic N) is 3. The van der Waals surface area contributed by atoms with Crippen molar-refractivity contribution in [1.29, 1.82) is 0 Å². The number of halogens is 1. The molecule has 36 heavy (non-hydrogen) atoms. The molecule has 0 saturated carbocycles. The Morgan fingerprint density at radius 3 is 2.47 bits per heavy atom. The highest BCUT2D eigenvalue weighted by molar-refractivity contribution is 7.99. The van der Waals surface area contributed by atoms with Gasteiger partial charge in [-0.05, 0) is 55.5 Å². The molecular formula is C26H25ClN4O4S. The summed E-state index contributed by atoms with van der Waals surface area (Å²) in [6.07, 6.45) is 0. The Morgan fingerprint density at radius 2 is 1.78 bits per heavy atom. The SMILES string of the molecule is CCOc1ccc(-n2c(SCC(=O)Nc3ccc(OC)c(OC)c3)nnc2-c2cccc(Cl)c2)cc1. The van der Waals surface area contributed by atoms with E-state index in [1.807, 2.05) is 54.0 Å². The highest BCUT2D eigenvalue weighted by Gasteiger charge is 2.18. The molecule has 0 aliphatic heterocycles. The largest absolute Gasteiger partial charge is 0.494 e. The Hall–Kier alpha value is -3.69. The maximum absolute atomic E-state index is 12.7. The zero-order chi connectivity index (χ0) is 25.5. The normalized spacial score (nSPS) is 10.7. The lowest BCUT2D eigenvalue weighted by Gasteiger charge is -2.12. The summed E-state index contributed by atoms with van der Waals surface area (Å²) < 4.78 is 18.0. The zero-order valence-corrected chi connectivity index (χ0v) is 21.6. The second-order valence-corrected chi connectivity index (χ2v) is 8.86. The van der Waals surface area contributed by atoms with Gasteiger partial charge in [-0.25, -0.2) is 0 Å². The number of ether oxygens (including phenoxy) is 3. The summed E-state index contributed by atoms with van der Waals surface area (Å²) in [6, 6.07) is 20.2. The van der Waals surface area contributed by atoms with E-state index in [-0.39, 0.29) is 11.7 Å². The monoisotopic (exact) mass is 524 g/mol. The molecule has 8 nitrogen and oxygen atoms in total. The van der Waals surface area contributed by atoms with Gasteiger partial charge >= 0.3 is 0 Å². The average Bonchev–Trinajstić information content (AvgIpc) is 3.32. The van der Waals surface area contributed by atoms with Gasteiger partial charge in [-0.1, -0.05) is 35.5 Å². The van der Waals surface area contributed by atoms with Gasteiger partial charge in [0.25, 0.3) is 0 Å². The summed E-state index contributed by atoms with van der Waals surface area (Å²) >= 11 is 7.51. The highest BCUT2D eigenvalue weighted by atomic mass is 35.5. The number of amides is 1. The van der Waals surface area contributed by atoms with Crippen molar-refractivity contribution >= 4 is 35.0 Å². The maximum atomic E-state index is 12.7. The zero-order valence-electron chi connectivity index (χ0n) is 20.0. The number of methoxy groups -OCH3 is 2. The van der Waals surface area contributed by atoms with Crippen LogP contribution in [-0.4, -0.2) is 47.3 Å². The van der Waals surface area contributed by atoms with Gasteiger partial charge in [0.1, 0.15) is 5.75 Å². The third kappa shape index (κ3) is 5.92. The predicted octanol–water partition coefficient (Wildman–Crippen LogP) is 5.73. The van der Waals surface area contributed by atoms with Crippen molar-refractivity contribution in [2.45, 2.75) is 12.1 Å². The van der Waals surface area contributed by atoms with Crippen LogP contribution in [-0.2, 0) is 4.79 Å². The van der Waals surface area contributed by atoms with E-state index in [0.717, 1.165) is 17.0 Å². The van der Waals surface area contributed by atoms with E-state index < -0.39 is 0 Å². The lowest BCUT2D eigenvalue weighted by molar-refractivity contribution is -0.113. The van der Waals surface area contributed by atoms with Crippen LogP contribution in [0.25, 0.3) is 17.1 Å². The van der Waals surface area contributed by atoms with Crippen LogP contribution in [0, 0.1) is 0 Å². The van der Waals surface area contributed by atoms with Crippen LogP contribution in [0.3, 0.4) is 0 Å². The van der Waals surface area contributed by atoms with Crippen molar-refractivity contribution in [3.05, 3.63) is 71.8 Å². The predicted molar refractivity (Wildman–Crippen MR) is 142 cm³/mol. The van der Waals surface area contributed by atoms with E-state index in [0.29, 0.717) is 39.8 Å². The Kier molecular flexibility index (Phi) is 8.35. The summed E-state index contributed by atoms with van der Waals surface area (Å²) in [7, 11) is 3.11. The lowest BCUT2D eigenvalue weighted by Crippen LogP contribution is -2.14. The molecule has 1 amide bonds. The molecular weight excluding hydrogens is 500 g/mol. The first-order valence-electron chi connectivity index (χ1n) is 11.1. The second-order valence-electron chi connectivity index (χ2n) is 7.49. The van der Waals surface area contributed by atoms with Crippen LogP contribution in [0.2, 0.25) is 5.02 Å². The first kappa shape index (κ1) is 25.4. The number of benzene rings is 3. The van der Waals surface area contributed by atoms with Crippen LogP contribution in [0.15, 0.2) is 71.9 Å². The molecule has 10 heteroatoms. The number of hydrogen-bond donors (Lipinski definition) is 1. The summed E-state index contributed by atoms with van der Waals surface area (Å²) in [5, 5.41) is 12.8. The molecule has 186 valence electrons. The summed E-state index contributed by atoms with van der Waals surface area (Å²) in [6.45, 7) is 2.52. The molecule has 1 N–H and O–H groups in total. The van der Waals surface area contributed by atoms with E-state index in [1.54, 1.807) is 38.5 Å². The number of carbonyl (C=O) groups is 1. The van der Waals surface area contributed by atoms with Gasteiger partial charge in [0.2, 0.25) is 5.91 Å². The third-order valence-corrected chi connectivity index (χ3v) is 6.29. The first-order valence-corrected chi connectivity index (χ1v) is 12.5. The first-order chi connectivity index (χ1) is 17.5. The van der Waals surface area contributed by atoms with Gasteiger partial charge in [-0.3, -0.25) is 9.36 Å². The van der Waals surface area contributed by atoms with Gasteiger partial charge in [0, 0.05) is 28.0 Å². The molecule has 0 saturated heterocycles. The van der Waals surface area contributed by atoms with E-state index in [1.165, 1.54) is 11.8 Å². The topological polar surface area (TPSA) is 87.5 Å². The summed E-state index contributed by atoms with van der Waals surface area (Å²) in [4.78, 5) is 12.7. The molecule has 0 unspecified atom stereocenters. The molecule has 3 aromatic carbocycles. The molecule has 0 atom stereocenters. The number of nitrogens with one attached hydrogen (secondary N) is 1. The Labute approximate surface area is 218 Å². The fraction of sp³-hybridized carbons (Fsp3) is 0.192. The quantitative estimate of drug-likeness (QED) is 0.265. The molecule has 0 bridgehead atoms. The molecule has 0 aliphatic rings. The van der Waals surface area contributed by atoms with Crippen molar-refractivity contribution in [3.63, 3.8) is 0 Å². The van der Waals surface area contributed by atoms with Crippen LogP contribution in [0.5, 0.6) is 17.2 Å². The molecule has 1 aromatic heterocycles. The van der Waals surface area contributed by atoms with Crippen LogP contribution < -0.4 is 19.5 Å². The lowest BCUT2D eigenvalue weighted by atomic mass is 10.2. The summed E-state index contributed by atoms with van der Waals surface area (Å²) in [5.41, 5.74) is 2.25. The van der Waals surface area contributed by atoms with Crippen LogP contribution >= 0.6 is 23.4 Å². The molecule has 0 radical (unpaired) electrons. The third-order valence-electron chi connectivity index (χ3n) is 5.12. The standard InChI is InChI=1S/C26H25ClN4O4S/c1-4-35-21-11-9-20(10-12-21)31-25(17-6-5-7-18(27)14-17)29-30-26(31)36-16-24(32)28-19-8-13-22(33-2)23(15-19)34-3/h5-15H,4,16H2,1-3H3,(H,28,32). The van der Waals surface area contributed by atoms with Crippen molar-refractivity contribution in [2.24, 2.45) is 0 Å². The number of carbonyl (C=O) groups excluding carboxylic acids is 1. The van der Waals surface area contributed by atoms with E-state index in [4.69, 9.17) is 25.8 Å². The molecule has 1 heterocycles. The fourth-order valence-electron chi connectivity index (χ4n) is 3.51. The molecule has 0 fully saturated rings. The average molecular weight is 525 g/mol. The van der Waals surface area contributed by atoms with Gasteiger partial charge in [0.15, 0.2) is 22.5 Å². The van der Waals surface area contributed by atoms with Crippen molar-refractivity contribution < 1.29 is 19.0 Å². The van der Waals surface area contributed by atoms with Crippen molar-refractivity contribution in [1.82, 2.24) is 14.8 Å². The molecule has 0 aliphatic carbocycles. The van der Waals surface area contributed by atoms with Gasteiger partial charge < -0.3 is 19.5 Å². The Balaban J connectivity index is 1.58. The smallest absolute Gasteiger partial charge is 0.234 e. The van der Waals surface area contributed by atoms with E-state index in [2.05, 4.69) is 15.5 Å². The summed E-state index contributed by atoms with van der Waals surface area (Å²) in [5.74, 6) is 2.43. The number of aromatic nitrogens is 3. The van der Waals surface area contributed by atoms with Crippen molar-refractivity contribution in [2.75, 3.05) is 31.9 Å². The Bertz CT molecular complexity index is 1340. The maximum Gasteiger partial charge on any atom is 0.234 e. The molecule has 4 rings (SSSR count).